The van der Waals surface area contributed by atoms with Crippen molar-refractivity contribution in [2.45, 2.75) is 423 Å². The molecule has 11 amide bonds. The lowest BCUT2D eigenvalue weighted by Crippen LogP contribution is -2.63. The summed E-state index contributed by atoms with van der Waals surface area (Å²) in [7, 11) is 0. The summed E-state index contributed by atoms with van der Waals surface area (Å²) in [5, 5.41) is 115. The third kappa shape index (κ3) is 49.3. The standard InChI is InChI=1S/C100H174N10O26S5/c1-66(112)105-86-90(126)76(118)63-133-97(86)138-56-32-12-26-50-101-81(121)42-22-6-16-36-71(37-17-7-23-43-82(122)102-51-27-13-33-57-139-98-87(106-67(2)113)91(127)77(119)64-134-98)74(116)40-20-10-30-54-109(95(131)73-48-46-70(47-49-73)61-110-85(125)60-80(137-5)96(110)132)55-31-11-21-41-75(117)72(38-18-8-24-44-83(123)103-52-28-14-34-58-140-99-88(107-68(3)114)92(128)78(120)65-135-99)39-19-9-25-45-84(124)104-53-29-15-35-59-141-100-89(108-69(4)115)94(130)93(129)79(62-111)136-100/h70-73,76-80,86-94,97-100,111,118-120,126-130H,6-65H2,1-5H3,(H,101,121)(H,102,122)(H,103,123)(H,104,124)(H,105,112)(H,106,113)(H,107,114)(H,108,115)/t70?,71?,72?,73?,76-,77-,78-,79?,80?,86?,87?,88?,89?,90-,91-,92-,93-,94+,97-,98-,99-,100-/m0/s1. The lowest BCUT2D eigenvalue weighted by atomic mass is 9.81. The molecule has 810 valence electrons. The van der Waals surface area contributed by atoms with E-state index in [0.717, 1.165) is 128 Å². The Labute approximate surface area is 857 Å². The summed E-state index contributed by atoms with van der Waals surface area (Å²) in [5.41, 5.74) is -2.16. The summed E-state index contributed by atoms with van der Waals surface area (Å²) in [6.07, 6.45) is 21.7. The molecule has 1 aliphatic carbocycles. The SMILES string of the molecule is CSC1CC(=O)N(CC2CCC(C(=O)N(CCCCCC(=O)C(CCCCCC(=O)NCCCCCS[C@@H]3OC[C@H](O)[C@H](O)C3NC(C)=O)CCCCCC(=O)NCCCCCS[C@@H]3OC[C@H](O)[C@H](O)C3NC(C)=O)CCCCCC(=O)C(CCCCCC(=O)NCCCCCS[C@@H]3OC[C@H](O)[C@H](O)C3NC(C)=O)CCCCCC(=O)NCCCCCS[C@@H]3OC(CO)[C@H](O)[C@H](O)C3NC(C)=O)CC2)C1=O. The number of aliphatic hydroxyl groups excluding tert-OH is 9. The van der Waals surface area contributed by atoms with Crippen LogP contribution in [-0.4, -0.2) is 340 Å². The van der Waals surface area contributed by atoms with Gasteiger partial charge in [-0.05, 0) is 189 Å². The highest BCUT2D eigenvalue weighted by Crippen LogP contribution is 2.37. The fourth-order valence-electron chi connectivity index (χ4n) is 19.1. The number of Topliss-reactive ketones (excluding diaryl/α,β-unsaturated/α-hetero) is 2. The molecule has 0 aromatic rings. The van der Waals surface area contributed by atoms with Crippen molar-refractivity contribution < 1.29 is 127 Å². The zero-order valence-electron chi connectivity index (χ0n) is 84.5. The summed E-state index contributed by atoms with van der Waals surface area (Å²) in [4.78, 5) is 172. The Hall–Kier alpha value is -5.06. The van der Waals surface area contributed by atoms with Crippen molar-refractivity contribution in [3.05, 3.63) is 0 Å². The quantitative estimate of drug-likeness (QED) is 0.0212. The maximum absolute atomic E-state index is 14.8. The van der Waals surface area contributed by atoms with E-state index in [0.29, 0.717) is 223 Å². The zero-order valence-corrected chi connectivity index (χ0v) is 88.6. The number of carbonyl (C=O) groups excluding carboxylic acids is 13. The third-order valence-corrected chi connectivity index (χ3v) is 33.4. The predicted molar refractivity (Wildman–Crippen MR) is 548 cm³/mol. The minimum atomic E-state index is -1.35. The Morgan fingerprint density at radius 3 is 1.01 bits per heavy atom. The summed E-state index contributed by atoms with van der Waals surface area (Å²) >= 11 is 7.19. The number of nitrogens with one attached hydrogen (secondary N) is 8. The number of aliphatic hydroxyl groups is 9. The molecular weight excluding hydrogens is 1920 g/mol. The van der Waals surface area contributed by atoms with E-state index >= 15 is 0 Å². The van der Waals surface area contributed by atoms with Gasteiger partial charge in [0.05, 0.1) is 55.8 Å². The second-order valence-corrected chi connectivity index (χ2v) is 45.0. The van der Waals surface area contributed by atoms with E-state index in [4.69, 9.17) is 18.9 Å². The van der Waals surface area contributed by atoms with Gasteiger partial charge in [-0.15, -0.1) is 47.0 Å². The van der Waals surface area contributed by atoms with Crippen LogP contribution >= 0.6 is 58.8 Å². The molecule has 41 heteroatoms. The minimum absolute atomic E-state index is 0.0240. The number of ether oxygens (including phenoxy) is 4. The summed E-state index contributed by atoms with van der Waals surface area (Å²) in [6.45, 7) is 8.24. The fraction of sp³-hybridized carbons (Fsp3) is 0.870. The van der Waals surface area contributed by atoms with Crippen molar-refractivity contribution in [1.29, 1.82) is 0 Å². The van der Waals surface area contributed by atoms with Gasteiger partial charge in [-0.3, -0.25) is 67.2 Å². The van der Waals surface area contributed by atoms with Gasteiger partial charge in [-0.2, -0.15) is 11.8 Å². The minimum Gasteiger partial charge on any atom is -0.394 e. The van der Waals surface area contributed by atoms with Crippen LogP contribution in [-0.2, 0) is 81.3 Å². The van der Waals surface area contributed by atoms with Gasteiger partial charge < -0.3 is 112 Å². The number of amides is 11. The average Bonchev–Trinajstić information content (AvgIpc) is 1.54. The van der Waals surface area contributed by atoms with Crippen LogP contribution in [0, 0.1) is 23.7 Å². The molecule has 36 nitrogen and oxygen atoms in total. The topological polar surface area (TPSA) is 544 Å². The highest BCUT2D eigenvalue weighted by atomic mass is 32.2. The molecule has 0 aromatic carbocycles. The van der Waals surface area contributed by atoms with Crippen LogP contribution in [0.4, 0.5) is 0 Å². The van der Waals surface area contributed by atoms with Crippen LogP contribution in [0.5, 0.6) is 0 Å². The molecule has 17 N–H and O–H groups in total. The predicted octanol–water partition coefficient (Wildman–Crippen LogP) is 7.18. The Balaban J connectivity index is 0.990. The zero-order chi connectivity index (χ0) is 103. The monoisotopic (exact) mass is 2090 g/mol. The van der Waals surface area contributed by atoms with Crippen molar-refractivity contribution in [1.82, 2.24) is 52.3 Å². The molecule has 141 heavy (non-hydrogen) atoms. The van der Waals surface area contributed by atoms with Crippen LogP contribution < -0.4 is 42.5 Å². The molecule has 1 saturated carbocycles. The van der Waals surface area contributed by atoms with Gasteiger partial charge in [0.1, 0.15) is 88.2 Å². The lowest BCUT2D eigenvalue weighted by Gasteiger charge is -2.42. The van der Waals surface area contributed by atoms with E-state index < -0.39 is 107 Å². The van der Waals surface area contributed by atoms with Crippen molar-refractivity contribution in [3.63, 3.8) is 0 Å². The van der Waals surface area contributed by atoms with Gasteiger partial charge in [0.25, 0.3) is 0 Å². The number of carbonyl (C=O) groups is 13. The second-order valence-electron chi connectivity index (χ2n) is 39.2. The number of rotatable bonds is 75. The Morgan fingerprint density at radius 2 is 0.695 bits per heavy atom. The fourth-order valence-corrected chi connectivity index (χ4v) is 24.6. The Morgan fingerprint density at radius 1 is 0.383 bits per heavy atom. The van der Waals surface area contributed by atoms with Crippen molar-refractivity contribution >= 4 is 135 Å². The number of ketones is 2. The van der Waals surface area contributed by atoms with Crippen LogP contribution in [0.15, 0.2) is 0 Å². The molecule has 7 unspecified atom stereocenters. The lowest BCUT2D eigenvalue weighted by molar-refractivity contribution is -0.173. The molecule has 5 heterocycles. The molecule has 19 atom stereocenters. The third-order valence-electron chi connectivity index (χ3n) is 27.4. The van der Waals surface area contributed by atoms with E-state index in [-0.39, 0.29) is 132 Å². The normalized spacial score (nSPS) is 26.2. The summed E-state index contributed by atoms with van der Waals surface area (Å²) < 4.78 is 23.0. The first-order valence-electron chi connectivity index (χ1n) is 52.7. The highest BCUT2D eigenvalue weighted by molar-refractivity contribution is 8.00. The average molecular weight is 2090 g/mol. The smallest absolute Gasteiger partial charge is 0.242 e. The number of thioether (sulfide) groups is 5. The van der Waals surface area contributed by atoms with E-state index in [1.807, 2.05) is 11.2 Å². The van der Waals surface area contributed by atoms with Gasteiger partial charge >= 0.3 is 0 Å². The Kier molecular flexibility index (Phi) is 63.9. The molecule has 0 spiro atoms. The number of hydrogen-bond acceptors (Lipinski definition) is 31. The molecule has 5 saturated heterocycles. The van der Waals surface area contributed by atoms with Gasteiger partial charge in [0.2, 0.25) is 65.0 Å². The first-order chi connectivity index (χ1) is 67.8. The van der Waals surface area contributed by atoms with E-state index in [1.54, 1.807) is 0 Å². The van der Waals surface area contributed by atoms with Gasteiger partial charge in [0, 0.05) is 136 Å². The number of likely N-dealkylation sites (tertiary alicyclic amines) is 1. The largest absolute Gasteiger partial charge is 0.394 e. The van der Waals surface area contributed by atoms with Crippen LogP contribution in [0.3, 0.4) is 0 Å². The maximum atomic E-state index is 14.8. The Bertz CT molecular complexity index is 3580. The first kappa shape index (κ1) is 125. The van der Waals surface area contributed by atoms with Gasteiger partial charge in [-0.1, -0.05) is 89.9 Å². The van der Waals surface area contributed by atoms with Gasteiger partial charge in [-0.25, -0.2) is 0 Å². The molecule has 6 aliphatic rings. The highest BCUT2D eigenvalue weighted by Gasteiger charge is 2.47. The number of nitrogens with zero attached hydrogens (tertiary/aromatic N) is 2. The second kappa shape index (κ2) is 72.3. The summed E-state index contributed by atoms with van der Waals surface area (Å²) in [6, 6.07) is -3.04. The van der Waals surface area contributed by atoms with E-state index in [9.17, 15) is 108 Å². The maximum Gasteiger partial charge on any atom is 0.242 e. The van der Waals surface area contributed by atoms with Crippen molar-refractivity contribution in [3.8, 4) is 0 Å². The number of imide groups is 1. The van der Waals surface area contributed by atoms with Crippen LogP contribution in [0.1, 0.15) is 317 Å². The molecule has 6 fully saturated rings. The molecule has 5 aliphatic heterocycles. The van der Waals surface area contributed by atoms with Crippen LogP contribution in [0.2, 0.25) is 0 Å². The van der Waals surface area contributed by atoms with E-state index in [2.05, 4.69) is 42.5 Å². The molecule has 6 rings (SSSR count). The molecule has 0 radical (unpaired) electrons. The van der Waals surface area contributed by atoms with Gasteiger partial charge in [0.15, 0.2) is 0 Å². The van der Waals surface area contributed by atoms with Crippen molar-refractivity contribution in [2.75, 3.05) is 102 Å². The number of hydrogen-bond donors (Lipinski definition) is 17. The summed E-state index contributed by atoms with van der Waals surface area (Å²) in [5.74, 6) is 0.856. The molecular formula is C100H174N10O26S5. The number of unbranched alkanes of at least 4 members (excludes halogenated alkanes) is 20. The van der Waals surface area contributed by atoms with Crippen LogP contribution in [0.25, 0.3) is 0 Å². The molecule has 0 aromatic heterocycles. The van der Waals surface area contributed by atoms with Crippen molar-refractivity contribution in [2.24, 2.45) is 23.7 Å². The molecule has 0 bridgehead atoms. The first-order valence-corrected chi connectivity index (χ1v) is 58.2. The van der Waals surface area contributed by atoms with E-state index in [1.165, 1.54) is 91.4 Å².